The maximum atomic E-state index is 15.0. The fourth-order valence-electron chi connectivity index (χ4n) is 4.33. The molecule has 0 amide bonds. The molecule has 3 aromatic heterocycles. The van der Waals surface area contributed by atoms with Gasteiger partial charge in [-0.1, -0.05) is 11.6 Å². The molecular weight excluding hydrogens is 495 g/mol. The molecule has 0 unspecified atom stereocenters. The van der Waals surface area contributed by atoms with E-state index < -0.39 is 23.6 Å². The third-order valence-corrected chi connectivity index (χ3v) is 6.38. The number of nitrogens with zero attached hydrogens (tertiary/aromatic N) is 5. The Morgan fingerprint density at radius 3 is 2.69 bits per heavy atom. The predicted molar refractivity (Wildman–Crippen MR) is 130 cm³/mol. The third-order valence-electron chi connectivity index (χ3n) is 6.15. The number of morpholine rings is 1. The number of aryl methyl sites for hydroxylation is 1. The Balaban J connectivity index is 1.69. The summed E-state index contributed by atoms with van der Waals surface area (Å²) >= 11 is 5.92. The highest BCUT2D eigenvalue weighted by atomic mass is 35.5. The van der Waals surface area contributed by atoms with E-state index in [1.165, 1.54) is 25.2 Å². The van der Waals surface area contributed by atoms with E-state index in [1.54, 1.807) is 6.20 Å². The molecule has 0 bridgehead atoms. The van der Waals surface area contributed by atoms with Gasteiger partial charge in [-0.15, -0.1) is 0 Å². The Hall–Kier alpha value is -3.50. The van der Waals surface area contributed by atoms with E-state index in [4.69, 9.17) is 16.3 Å². The van der Waals surface area contributed by atoms with Gasteiger partial charge in [0.15, 0.2) is 5.82 Å². The molecule has 1 saturated heterocycles. The topological polar surface area (TPSA) is 73.1 Å². The van der Waals surface area contributed by atoms with E-state index in [-0.39, 0.29) is 33.3 Å². The second-order valence-corrected chi connectivity index (χ2v) is 8.96. The SMILES string of the molecule is Cc1cc([C@@H]2CN(c3cc4c(=O)n(C)c(C(F)F)nc4c(-c4ccc(Cl)cc4F)n3)CCO2)ccn1. The molecule has 0 aliphatic carbocycles. The maximum absolute atomic E-state index is 15.0. The summed E-state index contributed by atoms with van der Waals surface area (Å²) in [5.74, 6) is -1.05. The van der Waals surface area contributed by atoms with Crippen LogP contribution >= 0.6 is 11.6 Å². The first-order chi connectivity index (χ1) is 17.2. The van der Waals surface area contributed by atoms with Crippen LogP contribution in [-0.4, -0.2) is 39.2 Å². The zero-order valence-electron chi connectivity index (χ0n) is 19.4. The van der Waals surface area contributed by atoms with Crippen LogP contribution < -0.4 is 10.5 Å². The Bertz CT molecular complexity index is 1530. The fourth-order valence-corrected chi connectivity index (χ4v) is 4.49. The van der Waals surface area contributed by atoms with Gasteiger partial charge in [0.1, 0.15) is 28.9 Å². The second-order valence-electron chi connectivity index (χ2n) is 8.52. The minimum atomic E-state index is -3.00. The number of aromatic nitrogens is 4. The number of hydrogen-bond acceptors (Lipinski definition) is 6. The van der Waals surface area contributed by atoms with E-state index in [0.717, 1.165) is 21.9 Å². The number of hydrogen-bond donors (Lipinski definition) is 0. The molecule has 4 aromatic rings. The molecular formula is C25H21ClF3N5O2. The monoisotopic (exact) mass is 515 g/mol. The predicted octanol–water partition coefficient (Wildman–Crippen LogP) is 5.01. The fraction of sp³-hybridized carbons (Fsp3) is 0.280. The summed E-state index contributed by atoms with van der Waals surface area (Å²) in [5.41, 5.74) is 0.996. The lowest BCUT2D eigenvalue weighted by Gasteiger charge is -2.34. The number of anilines is 1. The molecule has 0 spiro atoms. The van der Waals surface area contributed by atoms with Gasteiger partial charge in [-0.05, 0) is 48.9 Å². The van der Waals surface area contributed by atoms with E-state index in [9.17, 15) is 18.0 Å². The zero-order valence-corrected chi connectivity index (χ0v) is 20.1. The number of fused-ring (bicyclic) bond motifs is 1. The second kappa shape index (κ2) is 9.51. The number of halogens is 4. The summed E-state index contributed by atoms with van der Waals surface area (Å²) < 4.78 is 49.0. The first-order valence-electron chi connectivity index (χ1n) is 11.2. The van der Waals surface area contributed by atoms with Crippen molar-refractivity contribution in [1.82, 2.24) is 19.5 Å². The van der Waals surface area contributed by atoms with Crippen molar-refractivity contribution >= 4 is 28.3 Å². The van der Waals surface area contributed by atoms with Crippen molar-refractivity contribution in [3.05, 3.63) is 80.9 Å². The molecule has 186 valence electrons. The highest BCUT2D eigenvalue weighted by Crippen LogP contribution is 2.33. The molecule has 7 nitrogen and oxygen atoms in total. The van der Waals surface area contributed by atoms with Crippen LogP contribution in [-0.2, 0) is 11.8 Å². The van der Waals surface area contributed by atoms with Crippen molar-refractivity contribution in [2.45, 2.75) is 19.5 Å². The summed E-state index contributed by atoms with van der Waals surface area (Å²) in [5, 5.41) is 0.219. The molecule has 36 heavy (non-hydrogen) atoms. The minimum Gasteiger partial charge on any atom is -0.370 e. The van der Waals surface area contributed by atoms with E-state index in [1.807, 2.05) is 24.0 Å². The molecule has 0 N–H and O–H groups in total. The molecule has 1 aromatic carbocycles. The van der Waals surface area contributed by atoms with Gasteiger partial charge in [0.2, 0.25) is 0 Å². The average molecular weight is 516 g/mol. The van der Waals surface area contributed by atoms with Crippen molar-refractivity contribution in [3.8, 4) is 11.3 Å². The molecule has 5 rings (SSSR count). The van der Waals surface area contributed by atoms with Gasteiger partial charge < -0.3 is 9.64 Å². The van der Waals surface area contributed by atoms with Gasteiger partial charge >= 0.3 is 0 Å². The van der Waals surface area contributed by atoms with Crippen molar-refractivity contribution in [2.75, 3.05) is 24.6 Å². The van der Waals surface area contributed by atoms with Crippen molar-refractivity contribution in [2.24, 2.45) is 7.05 Å². The van der Waals surface area contributed by atoms with Crippen molar-refractivity contribution in [3.63, 3.8) is 0 Å². The molecule has 4 heterocycles. The standard InChI is InChI=1S/C25H21ClF3N5O2/c1-13-9-14(5-6-30-13)19-12-34(7-8-36-19)20-11-17-22(32-24(23(28)29)33(2)25(17)35)21(31-20)16-4-3-15(26)10-18(16)27/h3-6,9-11,19,23H,7-8,12H2,1-2H3/t19-/m0/s1. The van der Waals surface area contributed by atoms with Gasteiger partial charge in [-0.25, -0.2) is 23.1 Å². The van der Waals surface area contributed by atoms with Crippen molar-refractivity contribution < 1.29 is 17.9 Å². The summed E-state index contributed by atoms with van der Waals surface area (Å²) in [6.45, 7) is 3.15. The van der Waals surface area contributed by atoms with Gasteiger partial charge in [0, 0.05) is 42.6 Å². The normalized spacial score (nSPS) is 16.2. The Kier molecular flexibility index (Phi) is 6.40. The number of benzene rings is 1. The Morgan fingerprint density at radius 1 is 1.17 bits per heavy atom. The third kappa shape index (κ3) is 4.42. The van der Waals surface area contributed by atoms with Crippen LogP contribution in [0.4, 0.5) is 19.0 Å². The quantitative estimate of drug-likeness (QED) is 0.380. The molecule has 0 radical (unpaired) electrons. The smallest absolute Gasteiger partial charge is 0.295 e. The van der Waals surface area contributed by atoms with Crippen LogP contribution in [0.1, 0.15) is 29.6 Å². The Labute approximate surface area is 209 Å². The summed E-state index contributed by atoms with van der Waals surface area (Å²) in [6.07, 6.45) is -1.58. The van der Waals surface area contributed by atoms with Gasteiger partial charge in [0.05, 0.1) is 12.0 Å². The Morgan fingerprint density at radius 2 is 1.97 bits per heavy atom. The van der Waals surface area contributed by atoms with Crippen LogP contribution in [0.2, 0.25) is 5.02 Å². The molecule has 0 saturated carbocycles. The lowest BCUT2D eigenvalue weighted by molar-refractivity contribution is 0.0394. The first-order valence-corrected chi connectivity index (χ1v) is 11.5. The zero-order chi connectivity index (χ0) is 25.6. The minimum absolute atomic E-state index is 0.00165. The molecule has 1 aliphatic rings. The van der Waals surface area contributed by atoms with Gasteiger partial charge in [0.25, 0.3) is 12.0 Å². The van der Waals surface area contributed by atoms with Crippen LogP contribution in [0.3, 0.4) is 0 Å². The maximum Gasteiger partial charge on any atom is 0.295 e. The van der Waals surface area contributed by atoms with E-state index in [2.05, 4.69) is 15.0 Å². The summed E-state index contributed by atoms with van der Waals surface area (Å²) in [6, 6.07) is 9.27. The number of rotatable bonds is 4. The van der Waals surface area contributed by atoms with Crippen LogP contribution in [0.15, 0.2) is 47.4 Å². The molecule has 11 heteroatoms. The van der Waals surface area contributed by atoms with Crippen LogP contribution in [0.5, 0.6) is 0 Å². The summed E-state index contributed by atoms with van der Waals surface area (Å²) in [7, 11) is 1.23. The average Bonchev–Trinajstić information content (AvgIpc) is 2.85. The molecule has 1 fully saturated rings. The van der Waals surface area contributed by atoms with Crippen LogP contribution in [0.25, 0.3) is 22.2 Å². The van der Waals surface area contributed by atoms with Crippen LogP contribution in [0, 0.1) is 12.7 Å². The van der Waals surface area contributed by atoms with Gasteiger partial charge in [-0.3, -0.25) is 14.3 Å². The summed E-state index contributed by atoms with van der Waals surface area (Å²) in [4.78, 5) is 27.9. The first kappa shape index (κ1) is 24.2. The number of alkyl halides is 2. The highest BCUT2D eigenvalue weighted by Gasteiger charge is 2.27. The van der Waals surface area contributed by atoms with E-state index >= 15 is 0 Å². The van der Waals surface area contributed by atoms with Gasteiger partial charge in [-0.2, -0.15) is 0 Å². The number of pyridine rings is 2. The lowest BCUT2D eigenvalue weighted by Crippen LogP contribution is -2.39. The number of ether oxygens (including phenoxy) is 1. The van der Waals surface area contributed by atoms with E-state index in [0.29, 0.717) is 25.5 Å². The largest absolute Gasteiger partial charge is 0.370 e. The molecule has 1 aliphatic heterocycles. The molecule has 1 atom stereocenters. The van der Waals surface area contributed by atoms with Crippen molar-refractivity contribution in [1.29, 1.82) is 0 Å². The lowest BCUT2D eigenvalue weighted by atomic mass is 10.1. The highest BCUT2D eigenvalue weighted by molar-refractivity contribution is 6.30.